The van der Waals surface area contributed by atoms with Gasteiger partial charge in [0.15, 0.2) is 0 Å². The third-order valence-electron chi connectivity index (χ3n) is 9.44. The Morgan fingerprint density at radius 3 is 1.33 bits per heavy atom. The number of H-pyrrole nitrogens is 2. The summed E-state index contributed by atoms with van der Waals surface area (Å²) in [6, 6.07) is 6.67. The van der Waals surface area contributed by atoms with Gasteiger partial charge < -0.3 is 28.9 Å². The Hall–Kier alpha value is -3.84. The number of halogens is 1. The molecule has 0 amide bonds. The van der Waals surface area contributed by atoms with Crippen LogP contribution in [-0.4, -0.2) is 60.1 Å². The number of alkyl halides is 1. The van der Waals surface area contributed by atoms with Crippen molar-refractivity contribution in [1.82, 2.24) is 9.97 Å². The molecule has 304 valence electrons. The minimum atomic E-state index is -3.67. The minimum Gasteiger partial charge on any atom is -0.488 e. The van der Waals surface area contributed by atoms with E-state index in [-0.39, 0.29) is 40.5 Å². The van der Waals surface area contributed by atoms with Gasteiger partial charge in [0.05, 0.1) is 46.6 Å². The molecule has 3 aromatic rings. The third-order valence-corrected chi connectivity index (χ3v) is 10.8. The van der Waals surface area contributed by atoms with E-state index in [9.17, 15) is 22.4 Å². The number of aryl methyl sites for hydroxylation is 3. The number of methoxy groups -OCH3 is 4. The highest BCUT2D eigenvalue weighted by Gasteiger charge is 2.17. The van der Waals surface area contributed by atoms with Gasteiger partial charge >= 0.3 is 0 Å². The van der Waals surface area contributed by atoms with Crippen molar-refractivity contribution in [1.29, 1.82) is 0 Å². The van der Waals surface area contributed by atoms with Crippen LogP contribution in [0, 0.1) is 20.8 Å². The first-order chi connectivity index (χ1) is 25.9. The second kappa shape index (κ2) is 25.3. The summed E-state index contributed by atoms with van der Waals surface area (Å²) in [6.07, 6.45) is 15.8. The molecular weight excluding hydrogens is 715 g/mol. The molecule has 1 aromatic carbocycles. The van der Waals surface area contributed by atoms with Gasteiger partial charge in [-0.05, 0) is 71.4 Å². The van der Waals surface area contributed by atoms with E-state index >= 15 is 0 Å². The van der Waals surface area contributed by atoms with Crippen LogP contribution in [0.25, 0.3) is 0 Å². The Balaban J connectivity index is 0.000000401. The lowest BCUT2D eigenvalue weighted by atomic mass is 10.0. The summed E-state index contributed by atoms with van der Waals surface area (Å²) in [4.78, 5) is 31.0. The van der Waals surface area contributed by atoms with Gasteiger partial charge in [0.1, 0.15) is 0 Å². The number of aromatic amines is 2. The second-order valence-corrected chi connectivity index (χ2v) is 15.1. The summed E-state index contributed by atoms with van der Waals surface area (Å²) in [5.41, 5.74) is 3.93. The molecule has 0 saturated heterocycles. The standard InChI is InChI=1S/C24H35NO6S.C17H28FNO3/c1-18-13-15-20(16-14-18)32(27,28)31-17-11-9-7-5-6-8-10-12-21-19(2)22(26)23(29-3)24(25-21)30-4;1-13-14(11-9-7-5-4-6-8-10-12-18)19-17(22-3)16(21-2)15(13)20/h13-16H,5-12,17H2,1-4H3,(H,25,26);4-12H2,1-3H3,(H,19,20)/i;18-1. The predicted octanol–water partition coefficient (Wildman–Crippen LogP) is 8.63. The molecule has 0 radical (unpaired) electrons. The number of unbranched alkanes of at least 4 members (excludes halogenated alkanes) is 12. The average molecular weight is 778 g/mol. The molecule has 0 aliphatic carbocycles. The van der Waals surface area contributed by atoms with Crippen LogP contribution in [0.2, 0.25) is 0 Å². The van der Waals surface area contributed by atoms with E-state index in [1.807, 2.05) is 13.8 Å². The van der Waals surface area contributed by atoms with Crippen molar-refractivity contribution < 1.29 is 35.9 Å². The van der Waals surface area contributed by atoms with Crippen molar-refractivity contribution in [2.75, 3.05) is 41.7 Å². The summed E-state index contributed by atoms with van der Waals surface area (Å²) in [5.74, 6) is 1.20. The number of rotatable bonds is 25. The SMILES string of the molecule is COc1[nH]c(CCCCCCCCCOS(=O)(=O)c2ccc(C)cc2)c(C)c(=O)c1OC.COc1[nH]c(CCCCCCCCC[18F])c(C)c(=O)c1OC. The number of pyridine rings is 2. The van der Waals surface area contributed by atoms with Crippen LogP contribution in [-0.2, 0) is 27.1 Å². The van der Waals surface area contributed by atoms with Crippen LogP contribution in [0.1, 0.15) is 118 Å². The molecular formula is C41H63FN2O9S. The van der Waals surface area contributed by atoms with Crippen molar-refractivity contribution in [3.63, 3.8) is 0 Å². The molecule has 0 bridgehead atoms. The summed E-state index contributed by atoms with van der Waals surface area (Å²) in [6.45, 7) is 5.54. The Morgan fingerprint density at radius 1 is 0.556 bits per heavy atom. The highest BCUT2D eigenvalue weighted by molar-refractivity contribution is 7.86. The lowest BCUT2D eigenvalue weighted by molar-refractivity contribution is 0.306. The lowest BCUT2D eigenvalue weighted by Gasteiger charge is -2.12. The monoisotopic (exact) mass is 777 g/mol. The van der Waals surface area contributed by atoms with Crippen LogP contribution in [0.5, 0.6) is 23.3 Å². The highest BCUT2D eigenvalue weighted by atomic mass is 32.2. The maximum absolute atomic E-state index is 12.3. The van der Waals surface area contributed by atoms with E-state index in [2.05, 4.69) is 9.97 Å². The Morgan fingerprint density at radius 2 is 0.944 bits per heavy atom. The van der Waals surface area contributed by atoms with Crippen LogP contribution in [0.15, 0.2) is 38.8 Å². The number of hydrogen-bond donors (Lipinski definition) is 2. The molecule has 0 saturated carbocycles. The number of ether oxygens (including phenoxy) is 4. The van der Waals surface area contributed by atoms with E-state index in [0.29, 0.717) is 29.3 Å². The number of hydrogen-bond acceptors (Lipinski definition) is 9. The molecule has 54 heavy (non-hydrogen) atoms. The quantitative estimate of drug-likeness (QED) is 0.0638. The smallest absolute Gasteiger partial charge is 0.296 e. The number of nitrogens with one attached hydrogen (secondary N) is 2. The van der Waals surface area contributed by atoms with Gasteiger partial charge in [-0.25, -0.2) is 0 Å². The van der Waals surface area contributed by atoms with Gasteiger partial charge in [-0.15, -0.1) is 0 Å². The maximum Gasteiger partial charge on any atom is 0.296 e. The zero-order chi connectivity index (χ0) is 39.9. The van der Waals surface area contributed by atoms with Crippen molar-refractivity contribution in [3.05, 3.63) is 72.8 Å². The summed E-state index contributed by atoms with van der Waals surface area (Å²) >= 11 is 0. The van der Waals surface area contributed by atoms with E-state index in [4.69, 9.17) is 23.1 Å². The van der Waals surface area contributed by atoms with Crippen molar-refractivity contribution in [2.24, 2.45) is 0 Å². The molecule has 2 heterocycles. The normalized spacial score (nSPS) is 11.2. The molecule has 13 heteroatoms. The van der Waals surface area contributed by atoms with Crippen molar-refractivity contribution in [2.45, 2.75) is 128 Å². The summed E-state index contributed by atoms with van der Waals surface area (Å²) < 4.78 is 62.0. The molecule has 0 spiro atoms. The average Bonchev–Trinajstić information content (AvgIpc) is 3.16. The first kappa shape index (κ1) is 46.3. The lowest BCUT2D eigenvalue weighted by Crippen LogP contribution is -2.15. The molecule has 2 aromatic heterocycles. The molecule has 0 unspecified atom stereocenters. The highest BCUT2D eigenvalue weighted by Crippen LogP contribution is 2.24. The molecule has 0 aliphatic rings. The first-order valence-electron chi connectivity index (χ1n) is 19.1. The Bertz CT molecular complexity index is 1760. The molecule has 2 N–H and O–H groups in total. The number of benzene rings is 1. The molecule has 11 nitrogen and oxygen atoms in total. The fourth-order valence-electron chi connectivity index (χ4n) is 6.06. The van der Waals surface area contributed by atoms with E-state index in [1.54, 1.807) is 31.2 Å². The zero-order valence-corrected chi connectivity index (χ0v) is 34.3. The van der Waals surface area contributed by atoms with Gasteiger partial charge in [-0.3, -0.25) is 18.2 Å². The molecule has 0 aliphatic heterocycles. The van der Waals surface area contributed by atoms with Gasteiger partial charge in [0.25, 0.3) is 10.1 Å². The van der Waals surface area contributed by atoms with Gasteiger partial charge in [0.2, 0.25) is 34.1 Å². The molecule has 0 atom stereocenters. The largest absolute Gasteiger partial charge is 0.488 e. The fourth-order valence-corrected chi connectivity index (χ4v) is 7.01. The van der Waals surface area contributed by atoms with Crippen molar-refractivity contribution in [3.8, 4) is 23.3 Å². The third kappa shape index (κ3) is 15.1. The van der Waals surface area contributed by atoms with Crippen LogP contribution >= 0.6 is 0 Å². The van der Waals surface area contributed by atoms with Gasteiger partial charge in [-0.2, -0.15) is 8.42 Å². The van der Waals surface area contributed by atoms with E-state index in [1.165, 1.54) is 28.4 Å². The Labute approximate surface area is 321 Å². The maximum atomic E-state index is 12.3. The molecule has 0 fully saturated rings. The van der Waals surface area contributed by atoms with Gasteiger partial charge in [0, 0.05) is 22.5 Å². The zero-order valence-electron chi connectivity index (χ0n) is 33.5. The van der Waals surface area contributed by atoms with Crippen molar-refractivity contribution >= 4 is 10.1 Å². The fraction of sp³-hybridized carbons (Fsp3) is 0.610. The van der Waals surface area contributed by atoms with E-state index in [0.717, 1.165) is 113 Å². The topological polar surface area (TPSA) is 146 Å². The van der Waals surface area contributed by atoms with Crippen LogP contribution in [0.3, 0.4) is 0 Å². The van der Waals surface area contributed by atoms with E-state index < -0.39 is 10.1 Å². The van der Waals surface area contributed by atoms with Gasteiger partial charge in [-0.1, -0.05) is 81.9 Å². The summed E-state index contributed by atoms with van der Waals surface area (Å²) in [5, 5.41) is 0. The first-order valence-corrected chi connectivity index (χ1v) is 20.6. The summed E-state index contributed by atoms with van der Waals surface area (Å²) in [7, 11) is 2.29. The second-order valence-electron chi connectivity index (χ2n) is 13.5. The molecule has 3 rings (SSSR count). The predicted molar refractivity (Wildman–Crippen MR) is 212 cm³/mol. The van der Waals surface area contributed by atoms with Crippen LogP contribution < -0.4 is 29.8 Å². The van der Waals surface area contributed by atoms with Crippen LogP contribution in [0.4, 0.5) is 4.39 Å². The minimum absolute atomic E-state index is 0.112. The number of aromatic nitrogens is 2. The Kier molecular flexibility index (Phi) is 21.7.